The third-order valence-corrected chi connectivity index (χ3v) is 15.9. The molecule has 1 heterocycles. The number of rotatable bonds is 9. The van der Waals surface area contributed by atoms with Gasteiger partial charge in [0.25, 0.3) is 0 Å². The molecule has 0 bridgehead atoms. The smallest absolute Gasteiger partial charge is 0.113 e. The van der Waals surface area contributed by atoms with Gasteiger partial charge in [-0.3, -0.25) is 0 Å². The van der Waals surface area contributed by atoms with Crippen LogP contribution in [0.2, 0.25) is 13.1 Å². The maximum Gasteiger partial charge on any atom is 0.113 e. The van der Waals surface area contributed by atoms with E-state index in [9.17, 15) is 0 Å². The number of para-hydroxylation sites is 2. The first-order valence-electron chi connectivity index (χ1n) is 20.2. The summed E-state index contributed by atoms with van der Waals surface area (Å²) in [5.74, 6) is 0.953. The highest BCUT2D eigenvalue weighted by atomic mass is 28.3. The largest absolute Gasteiger partial charge is 0.311 e. The summed E-state index contributed by atoms with van der Waals surface area (Å²) in [6, 6.07) is 65.5. The Balaban J connectivity index is 0.989. The first-order chi connectivity index (χ1) is 27.0. The summed E-state index contributed by atoms with van der Waals surface area (Å²) in [5.41, 5.74) is 14.0. The molecule has 1 unspecified atom stereocenters. The Morgan fingerprint density at radius 1 is 0.436 bits per heavy atom. The number of anilines is 6. The maximum atomic E-state index is 2.49. The topological polar surface area (TPSA) is 6.48 Å². The molecule has 0 N–H and O–H groups in total. The summed E-state index contributed by atoms with van der Waals surface area (Å²) >= 11 is 0. The van der Waals surface area contributed by atoms with E-state index in [4.69, 9.17) is 0 Å². The maximum absolute atomic E-state index is 2.49. The van der Waals surface area contributed by atoms with E-state index in [1.54, 1.807) is 0 Å². The van der Waals surface area contributed by atoms with Crippen molar-refractivity contribution in [3.05, 3.63) is 193 Å². The van der Waals surface area contributed by atoms with Crippen LogP contribution in [0.25, 0.3) is 11.1 Å². The van der Waals surface area contributed by atoms with Crippen LogP contribution in [0.1, 0.15) is 67.6 Å². The lowest BCUT2D eigenvalue weighted by Crippen LogP contribution is -2.49. The fourth-order valence-electron chi connectivity index (χ4n) is 9.23. The van der Waals surface area contributed by atoms with Crippen molar-refractivity contribution in [3.8, 4) is 11.1 Å². The first kappa shape index (κ1) is 35.1. The molecule has 7 aromatic rings. The van der Waals surface area contributed by atoms with Crippen LogP contribution in [0, 0.1) is 0 Å². The van der Waals surface area contributed by atoms with Gasteiger partial charge in [0.15, 0.2) is 0 Å². The van der Waals surface area contributed by atoms with Crippen LogP contribution in [0.4, 0.5) is 34.1 Å². The highest BCUT2D eigenvalue weighted by Crippen LogP contribution is 2.40. The molecule has 55 heavy (non-hydrogen) atoms. The van der Waals surface area contributed by atoms with E-state index in [0.717, 1.165) is 0 Å². The van der Waals surface area contributed by atoms with Crippen LogP contribution in [-0.2, 0) is 0 Å². The van der Waals surface area contributed by atoms with Gasteiger partial charge in [-0.05, 0) is 130 Å². The molecule has 1 saturated carbocycles. The van der Waals surface area contributed by atoms with Crippen molar-refractivity contribution < 1.29 is 0 Å². The fourth-order valence-corrected chi connectivity index (χ4v) is 12.3. The molecule has 272 valence electrons. The van der Waals surface area contributed by atoms with Crippen LogP contribution < -0.4 is 20.2 Å². The normalized spacial score (nSPS) is 15.2. The summed E-state index contributed by atoms with van der Waals surface area (Å²) in [6.07, 6.45) is 6.73. The number of hydrogen-bond acceptors (Lipinski definition) is 2. The van der Waals surface area contributed by atoms with E-state index < -0.39 is 8.07 Å². The molecule has 0 aromatic heterocycles. The molecule has 0 radical (unpaired) electrons. The Bertz CT molecular complexity index is 2380. The molecule has 3 heteroatoms. The minimum Gasteiger partial charge on any atom is -0.311 e. The average molecular weight is 731 g/mol. The van der Waals surface area contributed by atoms with E-state index in [1.807, 2.05) is 0 Å². The van der Waals surface area contributed by atoms with Gasteiger partial charge in [-0.2, -0.15) is 0 Å². The molecule has 0 saturated heterocycles. The molecular weight excluding hydrogens is 681 g/mol. The molecule has 1 fully saturated rings. The standard InChI is InChI=1S/C52H50N2Si/c1-38(39-23-29-45(30-24-39)53(43-17-9-5-10-18-43)46-33-27-42(28-34-46)41-15-7-4-8-16-41)40-25-31-47(32-26-40)54(44-19-11-6-12-20-44)48-35-36-50-49-21-13-14-22-51(49)55(2,3)52(50)37-48/h5-6,9-14,17-38,41H,4,7-8,15-16H2,1-3H3. The van der Waals surface area contributed by atoms with E-state index in [1.165, 1.54) is 104 Å². The van der Waals surface area contributed by atoms with Gasteiger partial charge in [0.2, 0.25) is 0 Å². The third kappa shape index (κ3) is 6.72. The van der Waals surface area contributed by atoms with Crippen LogP contribution in [0.15, 0.2) is 176 Å². The van der Waals surface area contributed by atoms with E-state index >= 15 is 0 Å². The minimum absolute atomic E-state index is 0.249. The van der Waals surface area contributed by atoms with Gasteiger partial charge in [-0.25, -0.2) is 0 Å². The molecule has 7 aromatic carbocycles. The lowest BCUT2D eigenvalue weighted by atomic mass is 9.84. The SMILES string of the molecule is CC(c1ccc(N(c2ccccc2)c2ccc(C3CCCCC3)cc2)cc1)c1ccc(N(c2ccccc2)c2ccc3c(c2)[Si](C)(C)c2ccccc2-3)cc1. The summed E-state index contributed by atoms with van der Waals surface area (Å²) in [5, 5.41) is 3.05. The molecule has 9 rings (SSSR count). The summed E-state index contributed by atoms with van der Waals surface area (Å²) < 4.78 is 0. The van der Waals surface area contributed by atoms with Crippen molar-refractivity contribution in [1.29, 1.82) is 0 Å². The molecule has 1 aliphatic carbocycles. The molecule has 1 atom stereocenters. The van der Waals surface area contributed by atoms with Gasteiger partial charge in [-0.1, -0.05) is 142 Å². The Hall–Kier alpha value is -5.64. The second-order valence-corrected chi connectivity index (χ2v) is 20.4. The van der Waals surface area contributed by atoms with Crippen molar-refractivity contribution in [2.24, 2.45) is 0 Å². The molecule has 1 aliphatic heterocycles. The number of nitrogens with zero attached hydrogens (tertiary/aromatic N) is 2. The molecular formula is C52H50N2Si. The highest BCUT2D eigenvalue weighted by molar-refractivity contribution is 7.03. The minimum atomic E-state index is -1.81. The number of benzene rings is 7. The molecule has 0 spiro atoms. The lowest BCUT2D eigenvalue weighted by molar-refractivity contribution is 0.443. The number of fused-ring (bicyclic) bond motifs is 3. The quantitative estimate of drug-likeness (QED) is 0.136. The van der Waals surface area contributed by atoms with E-state index in [0.29, 0.717) is 5.92 Å². The van der Waals surface area contributed by atoms with Gasteiger partial charge < -0.3 is 9.80 Å². The van der Waals surface area contributed by atoms with E-state index in [2.05, 4.69) is 206 Å². The van der Waals surface area contributed by atoms with Gasteiger partial charge in [0.05, 0.1) is 0 Å². The Morgan fingerprint density at radius 2 is 0.873 bits per heavy atom. The Kier molecular flexibility index (Phi) is 9.49. The van der Waals surface area contributed by atoms with Crippen molar-refractivity contribution >= 4 is 52.6 Å². The zero-order valence-corrected chi connectivity index (χ0v) is 33.3. The van der Waals surface area contributed by atoms with Crippen molar-refractivity contribution in [3.63, 3.8) is 0 Å². The predicted octanol–water partition coefficient (Wildman–Crippen LogP) is 13.6. The van der Waals surface area contributed by atoms with Crippen molar-refractivity contribution in [2.75, 3.05) is 9.80 Å². The Morgan fingerprint density at radius 3 is 1.44 bits per heavy atom. The van der Waals surface area contributed by atoms with Gasteiger partial charge in [0.1, 0.15) is 8.07 Å². The second kappa shape index (κ2) is 14.9. The lowest BCUT2D eigenvalue weighted by Gasteiger charge is -2.28. The predicted molar refractivity (Wildman–Crippen MR) is 238 cm³/mol. The van der Waals surface area contributed by atoms with Crippen LogP contribution in [-0.4, -0.2) is 8.07 Å². The van der Waals surface area contributed by atoms with Crippen molar-refractivity contribution in [2.45, 2.75) is 64.0 Å². The summed E-state index contributed by atoms with van der Waals surface area (Å²) in [7, 11) is -1.81. The second-order valence-electron chi connectivity index (χ2n) is 16.1. The van der Waals surface area contributed by atoms with Crippen molar-refractivity contribution in [1.82, 2.24) is 0 Å². The summed E-state index contributed by atoms with van der Waals surface area (Å²) in [6.45, 7) is 7.30. The highest BCUT2D eigenvalue weighted by Gasteiger charge is 2.37. The molecule has 0 amide bonds. The van der Waals surface area contributed by atoms with Crippen LogP contribution in [0.3, 0.4) is 0 Å². The fraction of sp³-hybridized carbons (Fsp3) is 0.192. The van der Waals surface area contributed by atoms with Gasteiger partial charge in [0, 0.05) is 40.0 Å². The zero-order valence-electron chi connectivity index (χ0n) is 32.3. The van der Waals surface area contributed by atoms with Crippen LogP contribution >= 0.6 is 0 Å². The zero-order chi connectivity index (χ0) is 37.4. The molecule has 2 aliphatic rings. The van der Waals surface area contributed by atoms with Crippen LogP contribution in [0.5, 0.6) is 0 Å². The average Bonchev–Trinajstić information content (AvgIpc) is 3.48. The van der Waals surface area contributed by atoms with Gasteiger partial charge in [-0.15, -0.1) is 0 Å². The monoisotopic (exact) mass is 730 g/mol. The number of hydrogen-bond donors (Lipinski definition) is 0. The molecule has 2 nitrogen and oxygen atoms in total. The van der Waals surface area contributed by atoms with E-state index in [-0.39, 0.29) is 5.92 Å². The first-order valence-corrected chi connectivity index (χ1v) is 23.2. The summed E-state index contributed by atoms with van der Waals surface area (Å²) in [4.78, 5) is 4.80. The third-order valence-electron chi connectivity index (χ3n) is 12.4. The Labute approximate surface area is 328 Å². The van der Waals surface area contributed by atoms with Gasteiger partial charge >= 0.3 is 0 Å².